The van der Waals surface area contributed by atoms with Crippen molar-refractivity contribution in [2.45, 2.75) is 270 Å². The molecule has 0 amide bonds. The Morgan fingerprint density at radius 2 is 0.736 bits per heavy atom. The minimum atomic E-state index is -0.475. The number of carbonyl (C=O) groups is 1. The Balaban J connectivity index is 3.88. The molecule has 0 aromatic carbocycles. The Hall–Kier alpha value is -0.740. The summed E-state index contributed by atoms with van der Waals surface area (Å²) in [5.41, 5.74) is 6.17. The highest BCUT2D eigenvalue weighted by atomic mass is 32.2. The number of allylic oxidation sites excluding steroid dienone is 4. The lowest BCUT2D eigenvalue weighted by atomic mass is 10.0. The fourth-order valence-electron chi connectivity index (χ4n) is 7.35. The van der Waals surface area contributed by atoms with Crippen molar-refractivity contribution in [3.05, 3.63) is 24.3 Å². The third kappa shape index (κ3) is 42.2. The number of carbonyl (C=O) groups excluding carboxylic acids is 1. The van der Waals surface area contributed by atoms with E-state index in [0.29, 0.717) is 6.42 Å². The lowest BCUT2D eigenvalue weighted by Crippen LogP contribution is -2.35. The first-order valence-electron chi connectivity index (χ1n) is 23.9. The number of nitrogens with two attached hydrogens (primary N) is 1. The molecule has 53 heavy (non-hydrogen) atoms. The van der Waals surface area contributed by atoms with E-state index in [1.807, 2.05) is 0 Å². The maximum Gasteiger partial charge on any atom is 0.323 e. The van der Waals surface area contributed by atoms with Gasteiger partial charge in [-0.1, -0.05) is 199 Å². The lowest BCUT2D eigenvalue weighted by molar-refractivity contribution is -0.151. The Kier molecular flexibility index (Phi) is 45.0. The topological polar surface area (TPSA) is 52.3 Å². The molecule has 314 valence electrons. The van der Waals surface area contributed by atoms with E-state index in [1.165, 1.54) is 225 Å². The molecular formula is C49H95NO2S. The summed E-state index contributed by atoms with van der Waals surface area (Å²) in [6.45, 7) is 4.58. The molecule has 0 rings (SSSR count). The molecule has 2 atom stereocenters. The minimum absolute atomic E-state index is 0.0491. The molecule has 0 saturated carbocycles. The fourth-order valence-corrected chi connectivity index (χ4v) is 7.84. The van der Waals surface area contributed by atoms with Crippen LogP contribution < -0.4 is 5.73 Å². The highest BCUT2D eigenvalue weighted by molar-refractivity contribution is 7.98. The first-order chi connectivity index (χ1) is 26.2. The molecule has 2 N–H and O–H groups in total. The van der Waals surface area contributed by atoms with Crippen LogP contribution in [-0.2, 0) is 9.53 Å². The van der Waals surface area contributed by atoms with E-state index in [-0.39, 0.29) is 12.1 Å². The predicted octanol–water partition coefficient (Wildman–Crippen LogP) is 16.6. The summed E-state index contributed by atoms with van der Waals surface area (Å²) in [6, 6.07) is -0.475. The van der Waals surface area contributed by atoms with Crippen LogP contribution in [0.3, 0.4) is 0 Å². The van der Waals surface area contributed by atoms with Crippen molar-refractivity contribution in [2.75, 3.05) is 12.0 Å². The van der Waals surface area contributed by atoms with Crippen LogP contribution in [0.4, 0.5) is 0 Å². The van der Waals surface area contributed by atoms with Crippen molar-refractivity contribution in [2.24, 2.45) is 5.73 Å². The summed E-state index contributed by atoms with van der Waals surface area (Å²) in [7, 11) is 0. The van der Waals surface area contributed by atoms with E-state index in [1.54, 1.807) is 11.8 Å². The molecule has 0 aliphatic carbocycles. The SMILES string of the molecule is CCCCCCCC/C=C\CCCCCCCCCCCCC(CCCCCCCCCCC/C=C\CCCCCCCC)OC(=O)C(N)CCSC. The average molecular weight is 762 g/mol. The van der Waals surface area contributed by atoms with E-state index in [4.69, 9.17) is 10.5 Å². The molecule has 0 aromatic heterocycles. The van der Waals surface area contributed by atoms with Crippen molar-refractivity contribution in [3.63, 3.8) is 0 Å². The van der Waals surface area contributed by atoms with Gasteiger partial charge in [-0.15, -0.1) is 0 Å². The molecule has 3 nitrogen and oxygen atoms in total. The number of rotatable bonds is 44. The normalized spacial score (nSPS) is 13.1. The number of ether oxygens (including phenoxy) is 1. The summed E-state index contributed by atoms with van der Waals surface area (Å²) in [6.07, 6.45) is 61.7. The Morgan fingerprint density at radius 1 is 0.453 bits per heavy atom. The maximum absolute atomic E-state index is 12.7. The standard InChI is InChI=1S/C49H95NO2S/c1-4-6-8-10-12-14-16-18-20-22-24-26-28-30-32-34-36-38-40-42-44-47(52-49(51)48(50)45-46-53-3)43-41-39-37-35-33-31-29-27-25-23-21-19-17-15-13-11-9-7-5-2/h18-21,47-48H,4-17,22-46,50H2,1-3H3/b20-18-,21-19-. The van der Waals surface area contributed by atoms with E-state index in [2.05, 4.69) is 44.4 Å². The Morgan fingerprint density at radius 3 is 1.04 bits per heavy atom. The van der Waals surface area contributed by atoms with Gasteiger partial charge < -0.3 is 10.5 Å². The quantitative estimate of drug-likeness (QED) is 0.0382. The first kappa shape index (κ1) is 52.3. The molecule has 0 radical (unpaired) electrons. The van der Waals surface area contributed by atoms with E-state index < -0.39 is 6.04 Å². The van der Waals surface area contributed by atoms with Crippen molar-refractivity contribution in [1.29, 1.82) is 0 Å². The van der Waals surface area contributed by atoms with Crippen LogP contribution in [-0.4, -0.2) is 30.1 Å². The molecule has 0 spiro atoms. The molecule has 0 aromatic rings. The van der Waals surface area contributed by atoms with Gasteiger partial charge in [0.1, 0.15) is 12.1 Å². The van der Waals surface area contributed by atoms with Crippen LogP contribution in [0.2, 0.25) is 0 Å². The van der Waals surface area contributed by atoms with E-state index >= 15 is 0 Å². The monoisotopic (exact) mass is 762 g/mol. The summed E-state index contributed by atoms with van der Waals surface area (Å²) in [5.74, 6) is 0.732. The number of unbranched alkanes of at least 4 members (excludes halogenated alkanes) is 31. The van der Waals surface area contributed by atoms with Crippen LogP contribution in [0.5, 0.6) is 0 Å². The number of hydrogen-bond donors (Lipinski definition) is 1. The molecule has 4 heteroatoms. The van der Waals surface area contributed by atoms with Gasteiger partial charge in [-0.3, -0.25) is 4.79 Å². The van der Waals surface area contributed by atoms with Crippen LogP contribution in [0, 0.1) is 0 Å². The Bertz CT molecular complexity index is 768. The molecule has 0 aliphatic rings. The largest absolute Gasteiger partial charge is 0.461 e. The summed E-state index contributed by atoms with van der Waals surface area (Å²) in [5, 5.41) is 0. The van der Waals surface area contributed by atoms with Crippen LogP contribution in [0.15, 0.2) is 24.3 Å². The second-order valence-electron chi connectivity index (χ2n) is 16.4. The molecule has 0 fully saturated rings. The van der Waals surface area contributed by atoms with Crippen molar-refractivity contribution < 1.29 is 9.53 Å². The van der Waals surface area contributed by atoms with Gasteiger partial charge in [0.15, 0.2) is 0 Å². The van der Waals surface area contributed by atoms with Gasteiger partial charge in [0.2, 0.25) is 0 Å². The third-order valence-corrected chi connectivity index (χ3v) is 11.7. The summed E-state index contributed by atoms with van der Waals surface area (Å²) in [4.78, 5) is 12.7. The van der Waals surface area contributed by atoms with Crippen molar-refractivity contribution in [3.8, 4) is 0 Å². The van der Waals surface area contributed by atoms with Gasteiger partial charge in [0, 0.05) is 0 Å². The van der Waals surface area contributed by atoms with Gasteiger partial charge in [0.05, 0.1) is 0 Å². The first-order valence-corrected chi connectivity index (χ1v) is 25.3. The summed E-state index contributed by atoms with van der Waals surface area (Å²) >= 11 is 1.74. The lowest BCUT2D eigenvalue weighted by Gasteiger charge is -2.20. The highest BCUT2D eigenvalue weighted by Crippen LogP contribution is 2.19. The molecular weight excluding hydrogens is 667 g/mol. The molecule has 0 heterocycles. The Labute approximate surface area is 338 Å². The van der Waals surface area contributed by atoms with Gasteiger partial charge in [-0.25, -0.2) is 0 Å². The molecule has 0 saturated heterocycles. The zero-order valence-electron chi connectivity index (χ0n) is 36.3. The minimum Gasteiger partial charge on any atom is -0.461 e. The fraction of sp³-hybridized carbons (Fsp3) is 0.898. The van der Waals surface area contributed by atoms with Crippen molar-refractivity contribution >= 4 is 17.7 Å². The van der Waals surface area contributed by atoms with Gasteiger partial charge in [0.25, 0.3) is 0 Å². The predicted molar refractivity (Wildman–Crippen MR) is 241 cm³/mol. The highest BCUT2D eigenvalue weighted by Gasteiger charge is 2.20. The number of thioether (sulfide) groups is 1. The zero-order valence-corrected chi connectivity index (χ0v) is 37.2. The smallest absolute Gasteiger partial charge is 0.323 e. The number of hydrogen-bond acceptors (Lipinski definition) is 4. The second kappa shape index (κ2) is 45.6. The average Bonchev–Trinajstić information content (AvgIpc) is 3.16. The molecule has 2 unspecified atom stereocenters. The zero-order chi connectivity index (χ0) is 38.6. The number of esters is 1. The van der Waals surface area contributed by atoms with Gasteiger partial charge in [-0.2, -0.15) is 11.8 Å². The second-order valence-corrected chi connectivity index (χ2v) is 17.4. The van der Waals surface area contributed by atoms with Gasteiger partial charge >= 0.3 is 5.97 Å². The van der Waals surface area contributed by atoms with Crippen molar-refractivity contribution in [1.82, 2.24) is 0 Å². The van der Waals surface area contributed by atoms with Crippen LogP contribution in [0.25, 0.3) is 0 Å². The molecule has 0 bridgehead atoms. The van der Waals surface area contributed by atoms with Crippen LogP contribution >= 0.6 is 11.8 Å². The van der Waals surface area contributed by atoms with E-state index in [9.17, 15) is 4.79 Å². The van der Waals surface area contributed by atoms with Crippen LogP contribution in [0.1, 0.15) is 258 Å². The summed E-state index contributed by atoms with van der Waals surface area (Å²) < 4.78 is 6.00. The third-order valence-electron chi connectivity index (χ3n) is 11.0. The van der Waals surface area contributed by atoms with E-state index in [0.717, 1.165) is 18.6 Å². The molecule has 0 aliphatic heterocycles. The maximum atomic E-state index is 12.7. The van der Waals surface area contributed by atoms with Gasteiger partial charge in [-0.05, 0) is 95.5 Å².